The van der Waals surface area contributed by atoms with Gasteiger partial charge in [-0.1, -0.05) is 48.0 Å². The summed E-state index contributed by atoms with van der Waals surface area (Å²) in [7, 11) is -3.89. The molecule has 2 aromatic rings. The van der Waals surface area contributed by atoms with Crippen LogP contribution < -0.4 is 20.9 Å². The van der Waals surface area contributed by atoms with E-state index in [-0.39, 0.29) is 17.3 Å². The van der Waals surface area contributed by atoms with Crippen molar-refractivity contribution < 1.29 is 27.5 Å². The van der Waals surface area contributed by atoms with Crippen LogP contribution in [-0.4, -0.2) is 52.3 Å². The molecule has 0 aliphatic heterocycles. The summed E-state index contributed by atoms with van der Waals surface area (Å²) in [4.78, 5) is 57.3. The SMILES string of the molecule is C=C[C@@H]1C[C@]1(NC(=O)C(c1ccccc1)n1c(C)c(Cl)nc(NC(=O)OC(C)(C)C)c1=O)C(=O)NS(=O)(=O)C1CC1. The van der Waals surface area contributed by atoms with Gasteiger partial charge in [0.05, 0.1) is 10.9 Å². The number of nitrogens with one attached hydrogen (secondary N) is 3. The Labute approximate surface area is 242 Å². The average molecular weight is 606 g/mol. The number of sulfonamides is 1. The monoisotopic (exact) mass is 605 g/mol. The predicted octanol–water partition coefficient (Wildman–Crippen LogP) is 2.81. The minimum atomic E-state index is -3.89. The molecule has 2 saturated carbocycles. The molecule has 4 rings (SSSR count). The van der Waals surface area contributed by atoms with Crippen LogP contribution in [0.25, 0.3) is 0 Å². The second-order valence-electron chi connectivity index (χ2n) is 11.1. The Morgan fingerprint density at radius 3 is 2.39 bits per heavy atom. The van der Waals surface area contributed by atoms with Crippen molar-refractivity contribution in [1.29, 1.82) is 0 Å². The first kappa shape index (κ1) is 30.3. The zero-order valence-electron chi connectivity index (χ0n) is 23.1. The first-order chi connectivity index (χ1) is 19.1. The number of nitrogens with zero attached hydrogens (tertiary/aromatic N) is 2. The third-order valence-electron chi connectivity index (χ3n) is 6.78. The molecule has 1 heterocycles. The molecular formula is C27H32ClN5O7S. The topological polar surface area (TPSA) is 166 Å². The van der Waals surface area contributed by atoms with Gasteiger partial charge in [-0.15, -0.1) is 6.58 Å². The summed E-state index contributed by atoms with van der Waals surface area (Å²) in [6, 6.07) is 6.87. The Hall–Kier alpha value is -3.71. The number of rotatable bonds is 9. The fraction of sp³-hybridized carbons (Fsp3) is 0.444. The molecular weight excluding hydrogens is 574 g/mol. The van der Waals surface area contributed by atoms with Crippen LogP contribution in [0.2, 0.25) is 5.15 Å². The molecule has 12 nitrogen and oxygen atoms in total. The van der Waals surface area contributed by atoms with Gasteiger partial charge in [-0.25, -0.2) is 18.2 Å². The number of benzene rings is 1. The van der Waals surface area contributed by atoms with Gasteiger partial charge in [0.25, 0.3) is 11.5 Å². The lowest BCUT2D eigenvalue weighted by molar-refractivity contribution is -0.130. The van der Waals surface area contributed by atoms with E-state index in [1.165, 1.54) is 13.0 Å². The van der Waals surface area contributed by atoms with Crippen molar-refractivity contribution in [2.24, 2.45) is 5.92 Å². The van der Waals surface area contributed by atoms with Crippen molar-refractivity contribution in [1.82, 2.24) is 19.6 Å². The molecule has 2 fully saturated rings. The van der Waals surface area contributed by atoms with Crippen molar-refractivity contribution in [3.63, 3.8) is 0 Å². The van der Waals surface area contributed by atoms with Crippen LogP contribution in [0.3, 0.4) is 0 Å². The maximum Gasteiger partial charge on any atom is 0.413 e. The number of aromatic nitrogens is 2. The summed E-state index contributed by atoms with van der Waals surface area (Å²) in [5, 5.41) is 4.17. The van der Waals surface area contributed by atoms with Crippen molar-refractivity contribution >= 4 is 45.3 Å². The van der Waals surface area contributed by atoms with E-state index in [2.05, 4.69) is 26.9 Å². The number of ether oxygens (including phenoxy) is 1. The van der Waals surface area contributed by atoms with Crippen LogP contribution in [-0.2, 0) is 24.3 Å². The lowest BCUT2D eigenvalue weighted by atomic mass is 10.0. The first-order valence-corrected chi connectivity index (χ1v) is 14.9. The van der Waals surface area contributed by atoms with Crippen LogP contribution in [0.4, 0.5) is 10.6 Å². The van der Waals surface area contributed by atoms with E-state index >= 15 is 0 Å². The Morgan fingerprint density at radius 1 is 1.22 bits per heavy atom. The van der Waals surface area contributed by atoms with E-state index in [4.69, 9.17) is 16.3 Å². The van der Waals surface area contributed by atoms with Gasteiger partial charge >= 0.3 is 6.09 Å². The zero-order valence-corrected chi connectivity index (χ0v) is 24.6. The summed E-state index contributed by atoms with van der Waals surface area (Å²) in [5.41, 5.74) is -2.83. The van der Waals surface area contributed by atoms with E-state index < -0.39 is 67.7 Å². The molecule has 2 aliphatic carbocycles. The van der Waals surface area contributed by atoms with Gasteiger partial charge in [-0.2, -0.15) is 0 Å². The van der Waals surface area contributed by atoms with Gasteiger partial charge in [0.15, 0.2) is 5.15 Å². The van der Waals surface area contributed by atoms with E-state index in [9.17, 15) is 27.6 Å². The third-order valence-corrected chi connectivity index (χ3v) is 8.96. The predicted molar refractivity (Wildman–Crippen MR) is 152 cm³/mol. The Kier molecular flexibility index (Phi) is 8.07. The first-order valence-electron chi connectivity index (χ1n) is 12.9. The smallest absolute Gasteiger partial charge is 0.413 e. The van der Waals surface area contributed by atoms with Crippen LogP contribution in [0.5, 0.6) is 0 Å². The molecule has 2 aliphatic rings. The lowest BCUT2D eigenvalue weighted by Crippen LogP contribution is -2.54. The van der Waals surface area contributed by atoms with E-state index in [1.807, 2.05) is 0 Å². The van der Waals surface area contributed by atoms with Crippen LogP contribution in [0.15, 0.2) is 47.8 Å². The van der Waals surface area contributed by atoms with Gasteiger partial charge in [0.1, 0.15) is 17.2 Å². The minimum Gasteiger partial charge on any atom is -0.444 e. The van der Waals surface area contributed by atoms with Crippen LogP contribution in [0, 0.1) is 12.8 Å². The summed E-state index contributed by atoms with van der Waals surface area (Å²) < 4.78 is 33.4. The molecule has 1 aromatic carbocycles. The number of hydrogen-bond donors (Lipinski definition) is 3. The van der Waals surface area contributed by atoms with Crippen molar-refractivity contribution in [3.8, 4) is 0 Å². The van der Waals surface area contributed by atoms with Gasteiger partial charge in [-0.3, -0.25) is 29.0 Å². The quantitative estimate of drug-likeness (QED) is 0.367. The summed E-state index contributed by atoms with van der Waals surface area (Å²) >= 11 is 6.35. The molecule has 0 saturated heterocycles. The molecule has 1 unspecified atom stereocenters. The highest BCUT2D eigenvalue weighted by atomic mass is 35.5. The van der Waals surface area contributed by atoms with Crippen LogP contribution >= 0.6 is 11.6 Å². The highest BCUT2D eigenvalue weighted by Gasteiger charge is 2.61. The molecule has 0 bridgehead atoms. The molecule has 41 heavy (non-hydrogen) atoms. The fourth-order valence-electron chi connectivity index (χ4n) is 4.44. The summed E-state index contributed by atoms with van der Waals surface area (Å²) in [6.07, 6.45) is 1.53. The molecule has 1 aromatic heterocycles. The van der Waals surface area contributed by atoms with E-state index in [0.717, 1.165) is 4.57 Å². The maximum absolute atomic E-state index is 14.0. The molecule has 3 N–H and O–H groups in total. The number of carbonyl (C=O) groups is 3. The maximum atomic E-state index is 14.0. The number of carbonyl (C=O) groups excluding carboxylic acids is 3. The highest BCUT2D eigenvalue weighted by Crippen LogP contribution is 2.45. The van der Waals surface area contributed by atoms with E-state index in [1.54, 1.807) is 51.1 Å². The minimum absolute atomic E-state index is 0.112. The highest BCUT2D eigenvalue weighted by molar-refractivity contribution is 7.91. The largest absolute Gasteiger partial charge is 0.444 e. The summed E-state index contributed by atoms with van der Waals surface area (Å²) in [5.74, 6) is -2.67. The third kappa shape index (κ3) is 6.46. The van der Waals surface area contributed by atoms with Gasteiger partial charge in [0, 0.05) is 5.92 Å². The standard InChI is InChI=1S/C27H32ClN5O7S/c1-6-17-14-27(17,24(36)32-41(38,39)18-12-13-18)31-22(34)19(16-10-8-7-9-11-16)33-15(2)20(28)29-21(23(33)35)30-25(37)40-26(3,4)5/h6-11,17-19H,1,12-14H2,2-5H3,(H,31,34)(H,32,36)(H,29,30,37)/t17-,19?,27-/m1/s1. The van der Waals surface area contributed by atoms with Gasteiger partial charge in [0.2, 0.25) is 21.7 Å². The van der Waals surface area contributed by atoms with E-state index in [0.29, 0.717) is 18.4 Å². The van der Waals surface area contributed by atoms with Crippen molar-refractivity contribution in [2.75, 3.05) is 5.32 Å². The fourth-order valence-corrected chi connectivity index (χ4v) is 5.98. The second-order valence-corrected chi connectivity index (χ2v) is 13.5. The Balaban J connectivity index is 1.74. The van der Waals surface area contributed by atoms with Crippen LogP contribution in [0.1, 0.15) is 57.3 Å². The average Bonchev–Trinajstić information content (AvgIpc) is 3.79. The zero-order chi connectivity index (χ0) is 30.3. The summed E-state index contributed by atoms with van der Waals surface area (Å²) in [6.45, 7) is 10.1. The molecule has 3 atom stereocenters. The van der Waals surface area contributed by atoms with Gasteiger partial charge in [-0.05, 0) is 52.5 Å². The Morgan fingerprint density at radius 2 is 1.85 bits per heavy atom. The molecule has 3 amide bonds. The second kappa shape index (κ2) is 10.9. The number of anilines is 1. The number of hydrogen-bond acceptors (Lipinski definition) is 8. The molecule has 0 spiro atoms. The number of amides is 3. The Bertz CT molecular complexity index is 1560. The van der Waals surface area contributed by atoms with Crippen molar-refractivity contribution in [3.05, 3.63) is 69.8 Å². The van der Waals surface area contributed by atoms with Crippen molar-refractivity contribution in [2.45, 2.75) is 69.4 Å². The van der Waals surface area contributed by atoms with Gasteiger partial charge < -0.3 is 10.1 Å². The molecule has 14 heteroatoms. The molecule has 220 valence electrons. The number of halogens is 1. The lowest BCUT2D eigenvalue weighted by Gasteiger charge is -2.26. The normalized spacial score (nSPS) is 20.9. The molecule has 0 radical (unpaired) electrons.